The van der Waals surface area contributed by atoms with Crippen molar-refractivity contribution in [2.75, 3.05) is 9.80 Å². The van der Waals surface area contributed by atoms with E-state index in [-0.39, 0.29) is 0 Å². The van der Waals surface area contributed by atoms with Gasteiger partial charge in [-0.1, -0.05) is 91.0 Å². The second-order valence-electron chi connectivity index (χ2n) is 9.04. The van der Waals surface area contributed by atoms with Crippen molar-refractivity contribution in [3.8, 4) is 22.3 Å². The molecule has 0 bridgehead atoms. The summed E-state index contributed by atoms with van der Waals surface area (Å²) in [6.07, 6.45) is 0. The second-order valence-corrected chi connectivity index (χ2v) is 9.04. The smallest absolute Gasteiger partial charge is 0.0493 e. The maximum Gasteiger partial charge on any atom is 0.0493 e. The molecule has 5 aromatic rings. The van der Waals surface area contributed by atoms with Crippen LogP contribution in [0.1, 0.15) is 11.1 Å². The third-order valence-electron chi connectivity index (χ3n) is 7.11. The van der Waals surface area contributed by atoms with Gasteiger partial charge in [0, 0.05) is 47.0 Å². The van der Waals surface area contributed by atoms with Crippen molar-refractivity contribution in [1.82, 2.24) is 0 Å². The highest BCUT2D eigenvalue weighted by atomic mass is 15.2. The van der Waals surface area contributed by atoms with Crippen LogP contribution in [0.15, 0.2) is 121 Å². The average Bonchev–Trinajstić information content (AvgIpc) is 2.92. The molecule has 0 saturated heterocycles. The molecule has 0 aromatic heterocycles. The molecule has 0 fully saturated rings. The van der Waals surface area contributed by atoms with Gasteiger partial charge in [-0.2, -0.15) is 0 Å². The van der Waals surface area contributed by atoms with Gasteiger partial charge in [-0.25, -0.2) is 0 Å². The molecule has 0 N–H and O–H groups in total. The summed E-state index contributed by atoms with van der Waals surface area (Å²) < 4.78 is 0. The lowest BCUT2D eigenvalue weighted by Gasteiger charge is -2.35. The standard InChI is InChI=1S/C32H24N2/c1-3-14-27-23(10-1)21-33(31-18-7-5-16-29(27)31)25-12-9-13-26(20-25)34-22-24-11-2-4-15-28(24)30-17-6-8-19-32(30)34/h1-20H,21-22H2. The van der Waals surface area contributed by atoms with Crippen LogP contribution in [-0.2, 0) is 13.1 Å². The van der Waals surface area contributed by atoms with Gasteiger partial charge in [-0.15, -0.1) is 0 Å². The fourth-order valence-electron chi connectivity index (χ4n) is 5.52. The molecule has 2 heteroatoms. The summed E-state index contributed by atoms with van der Waals surface area (Å²) in [4.78, 5) is 4.90. The first-order chi connectivity index (χ1) is 16.9. The van der Waals surface area contributed by atoms with Crippen LogP contribution in [0.2, 0.25) is 0 Å². The number of fused-ring (bicyclic) bond motifs is 6. The maximum atomic E-state index is 2.45. The monoisotopic (exact) mass is 436 g/mol. The average molecular weight is 437 g/mol. The lowest BCUT2D eigenvalue weighted by Crippen LogP contribution is -2.23. The van der Waals surface area contributed by atoms with Gasteiger partial charge in [0.2, 0.25) is 0 Å². The van der Waals surface area contributed by atoms with E-state index >= 15 is 0 Å². The summed E-state index contributed by atoms with van der Waals surface area (Å²) in [5, 5.41) is 0. The predicted molar refractivity (Wildman–Crippen MR) is 142 cm³/mol. The van der Waals surface area contributed by atoms with Crippen LogP contribution < -0.4 is 9.80 Å². The van der Waals surface area contributed by atoms with E-state index in [1.54, 1.807) is 0 Å². The maximum absolute atomic E-state index is 2.45. The quantitative estimate of drug-likeness (QED) is 0.274. The summed E-state index contributed by atoms with van der Waals surface area (Å²) in [6, 6.07) is 44.1. The Morgan fingerprint density at radius 2 is 0.794 bits per heavy atom. The Morgan fingerprint density at radius 3 is 1.29 bits per heavy atom. The number of anilines is 4. The lowest BCUT2D eigenvalue weighted by atomic mass is 9.92. The minimum Gasteiger partial charge on any atom is -0.336 e. The highest BCUT2D eigenvalue weighted by Crippen LogP contribution is 2.46. The zero-order valence-corrected chi connectivity index (χ0v) is 18.9. The molecule has 0 saturated carbocycles. The zero-order valence-electron chi connectivity index (χ0n) is 18.9. The Bertz CT molecular complexity index is 1420. The van der Waals surface area contributed by atoms with E-state index in [1.807, 2.05) is 0 Å². The van der Waals surface area contributed by atoms with E-state index in [0.29, 0.717) is 0 Å². The molecule has 34 heavy (non-hydrogen) atoms. The van der Waals surface area contributed by atoms with Crippen LogP contribution in [0.25, 0.3) is 22.3 Å². The molecule has 2 aliphatic heterocycles. The van der Waals surface area contributed by atoms with E-state index in [9.17, 15) is 0 Å². The fourth-order valence-corrected chi connectivity index (χ4v) is 5.52. The third kappa shape index (κ3) is 2.96. The molecular weight excluding hydrogens is 412 g/mol. The van der Waals surface area contributed by atoms with Crippen molar-refractivity contribution < 1.29 is 0 Å². The molecule has 2 heterocycles. The molecule has 0 unspecified atom stereocenters. The molecule has 5 aromatic carbocycles. The third-order valence-corrected chi connectivity index (χ3v) is 7.11. The van der Waals surface area contributed by atoms with Gasteiger partial charge in [0.25, 0.3) is 0 Å². The largest absolute Gasteiger partial charge is 0.336 e. The first kappa shape index (κ1) is 19.2. The van der Waals surface area contributed by atoms with Gasteiger partial charge in [0.05, 0.1) is 0 Å². The van der Waals surface area contributed by atoms with E-state index in [1.165, 1.54) is 56.1 Å². The highest BCUT2D eigenvalue weighted by molar-refractivity contribution is 5.90. The SMILES string of the molecule is c1cc(N2Cc3ccccc3-c3ccccc32)cc(N2Cc3ccccc3-c3ccccc32)c1. The Hall–Kier alpha value is -4.30. The van der Waals surface area contributed by atoms with Gasteiger partial charge in [-0.3, -0.25) is 0 Å². The van der Waals surface area contributed by atoms with Crippen molar-refractivity contribution in [1.29, 1.82) is 0 Å². The van der Waals surface area contributed by atoms with Crippen LogP contribution in [-0.4, -0.2) is 0 Å². The van der Waals surface area contributed by atoms with Crippen LogP contribution in [0, 0.1) is 0 Å². The van der Waals surface area contributed by atoms with E-state index in [0.717, 1.165) is 13.1 Å². The normalized spacial score (nSPS) is 13.5. The number of hydrogen-bond donors (Lipinski definition) is 0. The fraction of sp³-hybridized carbons (Fsp3) is 0.0625. The van der Waals surface area contributed by atoms with E-state index < -0.39 is 0 Å². The molecule has 7 rings (SSSR count). The second kappa shape index (κ2) is 7.64. The lowest BCUT2D eigenvalue weighted by molar-refractivity contribution is 0.945. The van der Waals surface area contributed by atoms with Crippen molar-refractivity contribution in [3.63, 3.8) is 0 Å². The summed E-state index contributed by atoms with van der Waals surface area (Å²) in [5.41, 5.74) is 13.0. The Balaban J connectivity index is 1.34. The van der Waals surface area contributed by atoms with Crippen molar-refractivity contribution in [2.24, 2.45) is 0 Å². The number of hydrogen-bond acceptors (Lipinski definition) is 2. The Morgan fingerprint density at radius 1 is 0.382 bits per heavy atom. The van der Waals surface area contributed by atoms with Crippen LogP contribution in [0.4, 0.5) is 22.7 Å². The molecule has 0 spiro atoms. The van der Waals surface area contributed by atoms with Crippen LogP contribution >= 0.6 is 0 Å². The minimum atomic E-state index is 0.871. The molecule has 162 valence electrons. The number of benzene rings is 5. The molecular formula is C32H24N2. The summed E-state index contributed by atoms with van der Waals surface area (Å²) in [7, 11) is 0. The van der Waals surface area contributed by atoms with Crippen molar-refractivity contribution >= 4 is 22.7 Å². The number of nitrogens with zero attached hydrogens (tertiary/aromatic N) is 2. The van der Waals surface area contributed by atoms with Crippen molar-refractivity contribution in [3.05, 3.63) is 132 Å². The van der Waals surface area contributed by atoms with Crippen LogP contribution in [0.5, 0.6) is 0 Å². The van der Waals surface area contributed by atoms with Gasteiger partial charge in [0.15, 0.2) is 0 Å². The predicted octanol–water partition coefficient (Wildman–Crippen LogP) is 8.32. The minimum absolute atomic E-state index is 0.871. The molecule has 0 radical (unpaired) electrons. The molecule has 2 nitrogen and oxygen atoms in total. The van der Waals surface area contributed by atoms with E-state index in [4.69, 9.17) is 0 Å². The van der Waals surface area contributed by atoms with Crippen molar-refractivity contribution in [2.45, 2.75) is 13.1 Å². The Kier molecular flexibility index (Phi) is 4.31. The molecule has 2 aliphatic rings. The molecule has 0 atom stereocenters. The Labute approximate surface area is 200 Å². The highest BCUT2D eigenvalue weighted by Gasteiger charge is 2.25. The van der Waals surface area contributed by atoms with E-state index in [2.05, 4.69) is 131 Å². The first-order valence-electron chi connectivity index (χ1n) is 11.9. The van der Waals surface area contributed by atoms with Gasteiger partial charge >= 0.3 is 0 Å². The molecule has 0 aliphatic carbocycles. The van der Waals surface area contributed by atoms with Gasteiger partial charge in [0.1, 0.15) is 0 Å². The topological polar surface area (TPSA) is 6.48 Å². The van der Waals surface area contributed by atoms with Crippen LogP contribution in [0.3, 0.4) is 0 Å². The van der Waals surface area contributed by atoms with Gasteiger partial charge in [-0.05, 0) is 52.6 Å². The summed E-state index contributed by atoms with van der Waals surface area (Å²) in [5.74, 6) is 0. The first-order valence-corrected chi connectivity index (χ1v) is 11.9. The summed E-state index contributed by atoms with van der Waals surface area (Å²) in [6.45, 7) is 1.74. The summed E-state index contributed by atoms with van der Waals surface area (Å²) >= 11 is 0. The van der Waals surface area contributed by atoms with Gasteiger partial charge < -0.3 is 9.80 Å². The zero-order chi connectivity index (χ0) is 22.5. The number of para-hydroxylation sites is 2. The number of rotatable bonds is 2. The molecule has 0 amide bonds.